The van der Waals surface area contributed by atoms with E-state index < -0.39 is 18.1 Å². The van der Waals surface area contributed by atoms with E-state index in [1.807, 2.05) is 18.2 Å². The summed E-state index contributed by atoms with van der Waals surface area (Å²) >= 11 is 0. The Bertz CT molecular complexity index is 1330. The lowest BCUT2D eigenvalue weighted by molar-refractivity contribution is -0.145. The predicted octanol–water partition coefficient (Wildman–Crippen LogP) is 1.37. The number of carbonyl (C=O) groups excluding carboxylic acids is 4. The van der Waals surface area contributed by atoms with E-state index in [-0.39, 0.29) is 50.4 Å². The smallest absolute Gasteiger partial charge is 0.256 e. The van der Waals surface area contributed by atoms with Gasteiger partial charge in [-0.05, 0) is 36.6 Å². The Labute approximate surface area is 244 Å². The van der Waals surface area contributed by atoms with Gasteiger partial charge in [0.1, 0.15) is 18.4 Å². The zero-order valence-corrected chi connectivity index (χ0v) is 23.5. The molecule has 0 unspecified atom stereocenters. The highest BCUT2D eigenvalue weighted by Gasteiger charge is 2.27. The Kier molecular flexibility index (Phi) is 11.0. The fourth-order valence-electron chi connectivity index (χ4n) is 4.59. The molecule has 4 rings (SSSR count). The van der Waals surface area contributed by atoms with Crippen LogP contribution in [0, 0.1) is 0 Å². The van der Waals surface area contributed by atoms with Crippen molar-refractivity contribution in [2.75, 3.05) is 39.9 Å². The summed E-state index contributed by atoms with van der Waals surface area (Å²) in [5.41, 5.74) is 1.72. The van der Waals surface area contributed by atoms with E-state index in [0.717, 1.165) is 0 Å². The van der Waals surface area contributed by atoms with Crippen molar-refractivity contribution >= 4 is 23.6 Å². The quantitative estimate of drug-likeness (QED) is 0.358. The van der Waals surface area contributed by atoms with Crippen LogP contribution < -0.4 is 20.7 Å². The third kappa shape index (κ3) is 8.64. The molecule has 2 atom stereocenters. The summed E-state index contributed by atoms with van der Waals surface area (Å²) in [6.07, 6.45) is 3.55. The first kappa shape index (κ1) is 30.3. The lowest BCUT2D eigenvalue weighted by Gasteiger charge is -2.26. The SMILES string of the molecule is CO[C@@H](C(=O)N1CCCCNC(=O)[C@H](Cc2cnc[nH]2)NC(=O)c2cccc(c2)OCCNC(=O)C1)c1ccccc1. The number of hydrogen-bond donors (Lipinski definition) is 4. The van der Waals surface area contributed by atoms with Gasteiger partial charge in [-0.3, -0.25) is 19.2 Å². The molecule has 0 radical (unpaired) electrons. The van der Waals surface area contributed by atoms with Crippen LogP contribution in [-0.2, 0) is 25.5 Å². The summed E-state index contributed by atoms with van der Waals surface area (Å²) in [4.78, 5) is 60.9. The van der Waals surface area contributed by atoms with Gasteiger partial charge in [-0.15, -0.1) is 0 Å². The summed E-state index contributed by atoms with van der Waals surface area (Å²) in [6, 6.07) is 14.8. The largest absolute Gasteiger partial charge is 0.492 e. The first-order valence-electron chi connectivity index (χ1n) is 13.9. The fourth-order valence-corrected chi connectivity index (χ4v) is 4.59. The number of hydrogen-bond acceptors (Lipinski definition) is 7. The van der Waals surface area contributed by atoms with Gasteiger partial charge in [0.15, 0.2) is 6.10 Å². The number of ether oxygens (including phenoxy) is 2. The number of aromatic nitrogens is 2. The summed E-state index contributed by atoms with van der Waals surface area (Å²) < 4.78 is 11.3. The van der Waals surface area contributed by atoms with Crippen LogP contribution in [0.4, 0.5) is 0 Å². The van der Waals surface area contributed by atoms with E-state index in [1.54, 1.807) is 42.6 Å². The normalized spacial score (nSPS) is 18.3. The topological polar surface area (TPSA) is 155 Å². The van der Waals surface area contributed by atoms with Crippen molar-refractivity contribution in [3.63, 3.8) is 0 Å². The van der Waals surface area contributed by atoms with Crippen molar-refractivity contribution in [2.45, 2.75) is 31.4 Å². The average molecular weight is 577 g/mol. The lowest BCUT2D eigenvalue weighted by atomic mass is 10.1. The molecule has 1 aliphatic rings. The number of fused-ring (bicyclic) bond motifs is 2. The van der Waals surface area contributed by atoms with Gasteiger partial charge in [-0.1, -0.05) is 36.4 Å². The molecule has 222 valence electrons. The molecule has 0 saturated carbocycles. The second-order valence-electron chi connectivity index (χ2n) is 9.82. The van der Waals surface area contributed by atoms with Gasteiger partial charge in [-0.2, -0.15) is 0 Å². The molecule has 4 N–H and O–H groups in total. The number of nitrogens with zero attached hydrogens (tertiary/aromatic N) is 2. The Balaban J connectivity index is 1.49. The summed E-state index contributed by atoms with van der Waals surface area (Å²) in [5.74, 6) is -1.00. The first-order valence-corrected chi connectivity index (χ1v) is 13.9. The minimum atomic E-state index is -0.859. The zero-order valence-electron chi connectivity index (χ0n) is 23.5. The van der Waals surface area contributed by atoms with Crippen LogP contribution in [0.3, 0.4) is 0 Å². The van der Waals surface area contributed by atoms with Crippen molar-refractivity contribution in [2.24, 2.45) is 0 Å². The zero-order chi connectivity index (χ0) is 29.7. The summed E-state index contributed by atoms with van der Waals surface area (Å²) in [5, 5.41) is 8.48. The Morgan fingerprint density at radius 3 is 2.67 bits per heavy atom. The van der Waals surface area contributed by atoms with E-state index in [0.29, 0.717) is 42.0 Å². The molecule has 2 bridgehead atoms. The second-order valence-corrected chi connectivity index (χ2v) is 9.82. The standard InChI is InChI=1S/C30H36N6O6/c1-41-27(21-8-3-2-4-9-21)30(40)36-14-6-5-12-33-29(39)25(17-23-18-31-20-34-23)35-28(38)22-10-7-11-24(16-22)42-15-13-32-26(37)19-36/h2-4,7-11,16,18,20,25,27H,5-6,12-15,17,19H2,1H3,(H,31,34)(H,32,37)(H,33,39)(H,35,38)/t25-,27+/m0/s1. The van der Waals surface area contributed by atoms with E-state index in [1.165, 1.54) is 18.3 Å². The molecule has 12 nitrogen and oxygen atoms in total. The highest BCUT2D eigenvalue weighted by atomic mass is 16.5. The monoisotopic (exact) mass is 576 g/mol. The number of rotatable bonds is 5. The number of benzene rings is 2. The van der Waals surface area contributed by atoms with Crippen LogP contribution in [0.15, 0.2) is 67.1 Å². The average Bonchev–Trinajstić information content (AvgIpc) is 3.52. The van der Waals surface area contributed by atoms with Gasteiger partial charge in [-0.25, -0.2) is 4.98 Å². The predicted molar refractivity (Wildman–Crippen MR) is 154 cm³/mol. The fraction of sp³-hybridized carbons (Fsp3) is 0.367. The molecule has 4 amide bonds. The number of aromatic amines is 1. The summed E-state index contributed by atoms with van der Waals surface area (Å²) in [6.45, 7) is 0.802. The maximum absolute atomic E-state index is 13.5. The number of H-pyrrole nitrogens is 1. The number of imidazole rings is 1. The molecule has 0 saturated heterocycles. The molecular formula is C30H36N6O6. The molecule has 3 aromatic rings. The number of nitrogens with one attached hydrogen (secondary N) is 4. The van der Waals surface area contributed by atoms with Gasteiger partial charge in [0.2, 0.25) is 11.8 Å². The van der Waals surface area contributed by atoms with E-state index in [4.69, 9.17) is 9.47 Å². The molecule has 42 heavy (non-hydrogen) atoms. The molecule has 2 aromatic carbocycles. The van der Waals surface area contributed by atoms with Crippen LogP contribution in [-0.4, -0.2) is 84.4 Å². The highest BCUT2D eigenvalue weighted by molar-refractivity contribution is 5.98. The molecule has 0 fully saturated rings. The van der Waals surface area contributed by atoms with Gasteiger partial charge in [0.05, 0.1) is 19.4 Å². The van der Waals surface area contributed by atoms with E-state index in [2.05, 4.69) is 25.9 Å². The van der Waals surface area contributed by atoms with Crippen molar-refractivity contribution in [1.82, 2.24) is 30.8 Å². The van der Waals surface area contributed by atoms with Crippen LogP contribution in [0.2, 0.25) is 0 Å². The van der Waals surface area contributed by atoms with Crippen molar-refractivity contribution in [3.8, 4) is 5.75 Å². The third-order valence-corrected chi connectivity index (χ3v) is 6.75. The first-order chi connectivity index (χ1) is 20.4. The van der Waals surface area contributed by atoms with Crippen LogP contribution in [0.5, 0.6) is 5.75 Å². The molecule has 12 heteroatoms. The molecule has 2 heterocycles. The van der Waals surface area contributed by atoms with Crippen LogP contribution in [0.1, 0.15) is 40.6 Å². The van der Waals surface area contributed by atoms with Gasteiger partial charge < -0.3 is 35.3 Å². The minimum absolute atomic E-state index is 0.153. The van der Waals surface area contributed by atoms with Gasteiger partial charge in [0.25, 0.3) is 11.8 Å². The van der Waals surface area contributed by atoms with E-state index >= 15 is 0 Å². The van der Waals surface area contributed by atoms with E-state index in [9.17, 15) is 19.2 Å². The van der Waals surface area contributed by atoms with Crippen molar-refractivity contribution < 1.29 is 28.7 Å². The molecule has 1 aliphatic heterocycles. The van der Waals surface area contributed by atoms with Crippen LogP contribution in [0.25, 0.3) is 0 Å². The van der Waals surface area contributed by atoms with Gasteiger partial charge in [0, 0.05) is 44.1 Å². The minimum Gasteiger partial charge on any atom is -0.492 e. The van der Waals surface area contributed by atoms with Crippen molar-refractivity contribution in [3.05, 3.63) is 83.9 Å². The van der Waals surface area contributed by atoms with Crippen molar-refractivity contribution in [1.29, 1.82) is 0 Å². The number of methoxy groups -OCH3 is 1. The number of amides is 4. The molecular weight excluding hydrogens is 540 g/mol. The molecule has 0 spiro atoms. The highest BCUT2D eigenvalue weighted by Crippen LogP contribution is 2.20. The Morgan fingerprint density at radius 1 is 1.07 bits per heavy atom. The molecule has 1 aromatic heterocycles. The third-order valence-electron chi connectivity index (χ3n) is 6.75. The lowest BCUT2D eigenvalue weighted by Crippen LogP contribution is -2.48. The maximum atomic E-state index is 13.5. The molecule has 0 aliphatic carbocycles. The second kappa shape index (κ2) is 15.3. The summed E-state index contributed by atoms with van der Waals surface area (Å²) in [7, 11) is 1.46. The maximum Gasteiger partial charge on any atom is 0.256 e. The Hall–Kier alpha value is -4.71. The van der Waals surface area contributed by atoms with Gasteiger partial charge >= 0.3 is 0 Å². The van der Waals surface area contributed by atoms with Crippen LogP contribution >= 0.6 is 0 Å². The Morgan fingerprint density at radius 2 is 1.90 bits per heavy atom. The number of carbonyl (C=O) groups is 4.